The Morgan fingerprint density at radius 3 is 2.46 bits per heavy atom. The Morgan fingerprint density at radius 1 is 1.54 bits per heavy atom. The van der Waals surface area contributed by atoms with Gasteiger partial charge in [0.25, 0.3) is 6.20 Å². The summed E-state index contributed by atoms with van der Waals surface area (Å²) in [7, 11) is 0. The Labute approximate surface area is 75.7 Å². The second-order valence-electron chi connectivity index (χ2n) is 3.35. The molecule has 0 bridgehead atoms. The maximum absolute atomic E-state index is 10.8. The summed E-state index contributed by atoms with van der Waals surface area (Å²) in [6.07, 6.45) is 0.550. The van der Waals surface area contributed by atoms with E-state index in [1.807, 2.05) is 0 Å². The molecule has 6 heteroatoms. The fourth-order valence-electron chi connectivity index (χ4n) is 0.478. The maximum Gasteiger partial charge on any atom is 0.412 e. The highest BCUT2D eigenvalue weighted by Gasteiger charge is 2.13. The second-order valence-corrected chi connectivity index (χ2v) is 3.35. The van der Waals surface area contributed by atoms with Crippen molar-refractivity contribution < 1.29 is 14.5 Å². The van der Waals surface area contributed by atoms with E-state index in [0.29, 0.717) is 6.20 Å². The summed E-state index contributed by atoms with van der Waals surface area (Å²) in [5, 5.41) is 12.2. The Morgan fingerprint density at radius 2 is 2.08 bits per heavy atom. The van der Waals surface area contributed by atoms with Crippen LogP contribution in [0.1, 0.15) is 20.8 Å². The molecule has 0 aliphatic heterocycles. The molecular formula is C7H12N2O4. The van der Waals surface area contributed by atoms with E-state index in [2.05, 4.69) is 10.1 Å². The minimum absolute atomic E-state index is 0.417. The molecule has 0 unspecified atom stereocenters. The van der Waals surface area contributed by atoms with Gasteiger partial charge in [-0.15, -0.1) is 0 Å². The van der Waals surface area contributed by atoms with Crippen LogP contribution in [0.4, 0.5) is 4.79 Å². The van der Waals surface area contributed by atoms with Gasteiger partial charge < -0.3 is 10.1 Å². The van der Waals surface area contributed by atoms with Gasteiger partial charge in [-0.1, -0.05) is 0 Å². The third-order valence-electron chi connectivity index (χ3n) is 0.835. The van der Waals surface area contributed by atoms with Crippen molar-refractivity contribution in [3.63, 3.8) is 0 Å². The first kappa shape index (κ1) is 11.4. The fraction of sp³-hybridized carbons (Fsp3) is 0.571. The van der Waals surface area contributed by atoms with Gasteiger partial charge in [0.1, 0.15) is 0 Å². The summed E-state index contributed by atoms with van der Waals surface area (Å²) < 4.78 is 4.36. The number of ether oxygens (including phenoxy) is 1. The van der Waals surface area contributed by atoms with Crippen LogP contribution in [0.2, 0.25) is 0 Å². The number of carbonyl (C=O) groups is 1. The van der Waals surface area contributed by atoms with Crippen LogP contribution < -0.4 is 5.32 Å². The van der Waals surface area contributed by atoms with Crippen molar-refractivity contribution in [3.8, 4) is 0 Å². The van der Waals surface area contributed by atoms with Crippen molar-refractivity contribution in [2.24, 2.45) is 0 Å². The lowest BCUT2D eigenvalue weighted by Gasteiger charge is -2.18. The van der Waals surface area contributed by atoms with Gasteiger partial charge in [0.2, 0.25) is 0 Å². The Balaban J connectivity index is 3.83. The van der Waals surface area contributed by atoms with Gasteiger partial charge >= 0.3 is 6.09 Å². The first-order valence-electron chi connectivity index (χ1n) is 3.60. The number of nitro groups is 1. The van der Waals surface area contributed by atoms with Gasteiger partial charge in [-0.25, -0.2) is 4.79 Å². The normalized spacial score (nSPS) is 11.3. The Hall–Kier alpha value is -1.59. The van der Waals surface area contributed by atoms with E-state index in [1.165, 1.54) is 0 Å². The largest absolute Gasteiger partial charge is 0.412 e. The Bertz CT molecular complexity index is 229. The summed E-state index contributed by atoms with van der Waals surface area (Å²) >= 11 is 0. The number of amides is 1. The van der Waals surface area contributed by atoms with Gasteiger partial charge in [0, 0.05) is 5.54 Å². The maximum atomic E-state index is 10.8. The van der Waals surface area contributed by atoms with Crippen molar-refractivity contribution in [1.82, 2.24) is 5.32 Å². The van der Waals surface area contributed by atoms with Gasteiger partial charge in [-0.05, 0) is 20.8 Å². The molecule has 74 valence electrons. The number of nitrogens with one attached hydrogen (secondary N) is 1. The van der Waals surface area contributed by atoms with Crippen LogP contribution in [0, 0.1) is 10.1 Å². The Kier molecular flexibility index (Phi) is 3.90. The molecule has 0 aromatic rings. The minimum Gasteiger partial charge on any atom is -0.412 e. The molecule has 0 saturated heterocycles. The quantitative estimate of drug-likeness (QED) is 0.401. The molecule has 1 amide bonds. The smallest absolute Gasteiger partial charge is 0.412 e. The minimum atomic E-state index is -0.718. The van der Waals surface area contributed by atoms with Crippen molar-refractivity contribution in [1.29, 1.82) is 0 Å². The van der Waals surface area contributed by atoms with Gasteiger partial charge in [0.05, 0.1) is 4.92 Å². The third kappa shape index (κ3) is 8.32. The number of hydrogen-bond donors (Lipinski definition) is 1. The molecule has 0 aromatic carbocycles. The molecule has 0 atom stereocenters. The predicted octanol–water partition coefficient (Wildman–Crippen LogP) is 1.26. The summed E-state index contributed by atoms with van der Waals surface area (Å²) in [5.74, 6) is 0. The van der Waals surface area contributed by atoms with Crippen LogP contribution in [-0.4, -0.2) is 16.6 Å². The molecule has 0 saturated carbocycles. The zero-order valence-electron chi connectivity index (χ0n) is 7.73. The van der Waals surface area contributed by atoms with Crippen LogP contribution in [0.25, 0.3) is 0 Å². The van der Waals surface area contributed by atoms with E-state index < -0.39 is 16.6 Å². The standard InChI is InChI=1S/C7H12N2O4/c1-7(2,3)8-6(10)13-5-4-9(11)12/h4-5H,1-3H3,(H,8,10)/b5-4-. The van der Waals surface area contributed by atoms with Crippen molar-refractivity contribution in [3.05, 3.63) is 22.6 Å². The van der Waals surface area contributed by atoms with Gasteiger partial charge in [-0.2, -0.15) is 0 Å². The molecule has 0 fully saturated rings. The molecule has 0 aliphatic rings. The lowest BCUT2D eigenvalue weighted by Crippen LogP contribution is -2.40. The lowest BCUT2D eigenvalue weighted by atomic mass is 10.1. The van der Waals surface area contributed by atoms with Crippen LogP contribution in [0.3, 0.4) is 0 Å². The van der Waals surface area contributed by atoms with E-state index in [1.54, 1.807) is 20.8 Å². The van der Waals surface area contributed by atoms with E-state index in [4.69, 9.17) is 0 Å². The third-order valence-corrected chi connectivity index (χ3v) is 0.835. The highest BCUT2D eigenvalue weighted by atomic mass is 16.6. The van der Waals surface area contributed by atoms with Crippen LogP contribution in [0.15, 0.2) is 12.5 Å². The first-order chi connectivity index (χ1) is 5.81. The van der Waals surface area contributed by atoms with Crippen LogP contribution in [-0.2, 0) is 4.74 Å². The molecule has 0 spiro atoms. The number of nitrogens with zero attached hydrogens (tertiary/aromatic N) is 1. The summed E-state index contributed by atoms with van der Waals surface area (Å²) in [4.78, 5) is 19.9. The molecular weight excluding hydrogens is 176 g/mol. The monoisotopic (exact) mass is 188 g/mol. The van der Waals surface area contributed by atoms with Crippen molar-refractivity contribution >= 4 is 6.09 Å². The zero-order valence-corrected chi connectivity index (χ0v) is 7.73. The van der Waals surface area contributed by atoms with E-state index >= 15 is 0 Å². The topological polar surface area (TPSA) is 81.5 Å². The average Bonchev–Trinajstić information content (AvgIpc) is 1.81. The number of alkyl carbamates (subject to hydrolysis) is 1. The molecule has 0 radical (unpaired) electrons. The predicted molar refractivity (Wildman–Crippen MR) is 45.5 cm³/mol. The molecule has 6 nitrogen and oxygen atoms in total. The van der Waals surface area contributed by atoms with Gasteiger partial charge in [0.15, 0.2) is 6.26 Å². The van der Waals surface area contributed by atoms with E-state index in [9.17, 15) is 14.9 Å². The molecule has 1 N–H and O–H groups in total. The zero-order chi connectivity index (χ0) is 10.5. The summed E-state index contributed by atoms with van der Waals surface area (Å²) in [5.41, 5.74) is -0.417. The molecule has 0 aromatic heterocycles. The highest BCUT2D eigenvalue weighted by Crippen LogP contribution is 1.98. The average molecular weight is 188 g/mol. The first-order valence-corrected chi connectivity index (χ1v) is 3.60. The lowest BCUT2D eigenvalue weighted by molar-refractivity contribution is -0.403. The molecule has 0 heterocycles. The number of carbonyl (C=O) groups excluding carboxylic acids is 1. The second kappa shape index (κ2) is 4.44. The summed E-state index contributed by atoms with van der Waals surface area (Å²) in [6, 6.07) is 0. The van der Waals surface area contributed by atoms with Crippen molar-refractivity contribution in [2.75, 3.05) is 0 Å². The van der Waals surface area contributed by atoms with Crippen molar-refractivity contribution in [2.45, 2.75) is 26.3 Å². The van der Waals surface area contributed by atoms with Crippen LogP contribution in [0.5, 0.6) is 0 Å². The van der Waals surface area contributed by atoms with Gasteiger partial charge in [-0.3, -0.25) is 10.1 Å². The number of rotatable bonds is 2. The fourth-order valence-corrected chi connectivity index (χ4v) is 0.478. The van der Waals surface area contributed by atoms with E-state index in [0.717, 1.165) is 6.26 Å². The SMILES string of the molecule is CC(C)(C)NC(=O)O/C=C\[N+](=O)[O-]. The number of hydrogen-bond acceptors (Lipinski definition) is 4. The van der Waals surface area contributed by atoms with E-state index in [-0.39, 0.29) is 0 Å². The molecule has 13 heavy (non-hydrogen) atoms. The molecule has 0 aliphatic carbocycles. The molecule has 0 rings (SSSR count). The van der Waals surface area contributed by atoms with Crippen LogP contribution >= 0.6 is 0 Å². The summed E-state index contributed by atoms with van der Waals surface area (Å²) in [6.45, 7) is 5.31. The highest BCUT2D eigenvalue weighted by molar-refractivity contribution is 5.68.